The number of hydrogen-bond donors (Lipinski definition) is 0. The first-order valence-corrected chi connectivity index (χ1v) is 4.63. The van der Waals surface area contributed by atoms with Crippen molar-refractivity contribution in [3.63, 3.8) is 0 Å². The maximum atomic E-state index is 11.0. The largest absolute Gasteiger partial charge is 0.465 e. The molecule has 0 bridgehead atoms. The molecule has 0 heterocycles. The second-order valence-electron chi connectivity index (χ2n) is 3.13. The summed E-state index contributed by atoms with van der Waals surface area (Å²) in [6, 6.07) is 0. The van der Waals surface area contributed by atoms with Crippen LogP contribution in [-0.4, -0.2) is 13.1 Å². The topological polar surface area (TPSA) is 26.3 Å². The standard InChI is InChI=1S/C11H18O2/c1-5-6-7-9(2)8-10(3)11(12)13-4/h5-7H2,1-4H3. The highest BCUT2D eigenvalue weighted by Crippen LogP contribution is 2.06. The smallest absolute Gasteiger partial charge is 0.341 e. The van der Waals surface area contributed by atoms with Crippen molar-refractivity contribution in [2.24, 2.45) is 0 Å². The van der Waals surface area contributed by atoms with E-state index in [0.29, 0.717) is 5.57 Å². The number of hydrogen-bond acceptors (Lipinski definition) is 2. The van der Waals surface area contributed by atoms with Gasteiger partial charge in [-0.2, -0.15) is 0 Å². The Balaban J connectivity index is 4.38. The Morgan fingerprint density at radius 1 is 1.38 bits per heavy atom. The molecule has 0 atom stereocenters. The lowest BCUT2D eigenvalue weighted by Crippen LogP contribution is -2.00. The number of rotatable bonds is 4. The van der Waals surface area contributed by atoms with E-state index < -0.39 is 0 Å². The molecule has 0 rings (SSSR count). The fourth-order valence-corrected chi connectivity index (χ4v) is 1.03. The molecule has 0 saturated carbocycles. The summed E-state index contributed by atoms with van der Waals surface area (Å²) < 4.78 is 4.57. The van der Waals surface area contributed by atoms with Crippen molar-refractivity contribution in [2.75, 3.05) is 7.11 Å². The lowest BCUT2D eigenvalue weighted by Gasteiger charge is -1.97. The third-order valence-electron chi connectivity index (χ3n) is 1.80. The predicted octanol–water partition coefficient (Wildman–Crippen LogP) is 2.84. The molecule has 0 unspecified atom stereocenters. The summed E-state index contributed by atoms with van der Waals surface area (Å²) in [5, 5.41) is 0. The fraction of sp³-hybridized carbons (Fsp3) is 0.636. The first kappa shape index (κ1) is 12.0. The van der Waals surface area contributed by atoms with Crippen LogP contribution in [0.25, 0.3) is 0 Å². The highest BCUT2D eigenvalue weighted by atomic mass is 16.5. The molecular weight excluding hydrogens is 164 g/mol. The molecule has 0 aliphatic carbocycles. The summed E-state index contributed by atoms with van der Waals surface area (Å²) in [7, 11) is 1.38. The van der Waals surface area contributed by atoms with Gasteiger partial charge in [0.05, 0.1) is 12.7 Å². The van der Waals surface area contributed by atoms with Crippen LogP contribution < -0.4 is 0 Å². The zero-order valence-corrected chi connectivity index (χ0v) is 8.94. The molecule has 0 aromatic rings. The molecule has 2 nitrogen and oxygen atoms in total. The Labute approximate surface area is 80.3 Å². The number of ether oxygens (including phenoxy) is 1. The van der Waals surface area contributed by atoms with Crippen LogP contribution in [0.3, 0.4) is 0 Å². The van der Waals surface area contributed by atoms with Gasteiger partial charge in [0.2, 0.25) is 0 Å². The minimum atomic E-state index is -0.296. The maximum Gasteiger partial charge on any atom is 0.341 e. The molecule has 0 aromatic carbocycles. The van der Waals surface area contributed by atoms with Crippen LogP contribution in [0.4, 0.5) is 0 Å². The third-order valence-corrected chi connectivity index (χ3v) is 1.80. The minimum Gasteiger partial charge on any atom is -0.465 e. The number of carbonyl (C=O) groups is 1. The van der Waals surface area contributed by atoms with E-state index in [1.807, 2.05) is 6.92 Å². The normalized spacial score (nSPS) is 8.92. The van der Waals surface area contributed by atoms with Crippen LogP contribution in [0.5, 0.6) is 0 Å². The van der Waals surface area contributed by atoms with Crippen LogP contribution in [0, 0.1) is 0 Å². The van der Waals surface area contributed by atoms with E-state index in [-0.39, 0.29) is 5.97 Å². The SMILES string of the molecule is CCCCC(C)=C=C(C)C(=O)OC. The molecule has 13 heavy (non-hydrogen) atoms. The van der Waals surface area contributed by atoms with E-state index >= 15 is 0 Å². The molecule has 0 spiro atoms. The van der Waals surface area contributed by atoms with Crippen molar-refractivity contribution in [1.82, 2.24) is 0 Å². The monoisotopic (exact) mass is 182 g/mol. The van der Waals surface area contributed by atoms with Gasteiger partial charge in [0, 0.05) is 0 Å². The molecule has 0 N–H and O–H groups in total. The van der Waals surface area contributed by atoms with Crippen LogP contribution in [0.15, 0.2) is 16.9 Å². The van der Waals surface area contributed by atoms with Crippen molar-refractivity contribution >= 4 is 5.97 Å². The van der Waals surface area contributed by atoms with E-state index in [2.05, 4.69) is 17.4 Å². The summed E-state index contributed by atoms with van der Waals surface area (Å²) in [6.45, 7) is 5.85. The van der Waals surface area contributed by atoms with Gasteiger partial charge < -0.3 is 4.74 Å². The summed E-state index contributed by atoms with van der Waals surface area (Å²) in [6.07, 6.45) is 3.31. The second-order valence-corrected chi connectivity index (χ2v) is 3.13. The fourth-order valence-electron chi connectivity index (χ4n) is 1.03. The van der Waals surface area contributed by atoms with Crippen LogP contribution in [0.2, 0.25) is 0 Å². The molecule has 74 valence electrons. The van der Waals surface area contributed by atoms with Gasteiger partial charge >= 0.3 is 5.97 Å². The highest BCUT2D eigenvalue weighted by Gasteiger charge is 2.00. The third kappa shape index (κ3) is 5.26. The van der Waals surface area contributed by atoms with Crippen molar-refractivity contribution in [3.8, 4) is 0 Å². The number of unbranched alkanes of at least 4 members (excludes halogenated alkanes) is 1. The lowest BCUT2D eigenvalue weighted by molar-refractivity contribution is -0.136. The van der Waals surface area contributed by atoms with E-state index in [0.717, 1.165) is 24.8 Å². The van der Waals surface area contributed by atoms with Crippen molar-refractivity contribution in [1.29, 1.82) is 0 Å². The summed E-state index contributed by atoms with van der Waals surface area (Å²) in [5.74, 6) is -0.296. The molecule has 0 aliphatic heterocycles. The van der Waals surface area contributed by atoms with Gasteiger partial charge in [-0.1, -0.05) is 13.3 Å². The molecule has 2 heteroatoms. The molecule has 0 saturated heterocycles. The van der Waals surface area contributed by atoms with Crippen LogP contribution in [-0.2, 0) is 9.53 Å². The average Bonchev–Trinajstić information content (AvgIpc) is 2.13. The molecule has 0 aliphatic rings. The van der Waals surface area contributed by atoms with Gasteiger partial charge in [0.1, 0.15) is 0 Å². The highest BCUT2D eigenvalue weighted by molar-refractivity contribution is 5.87. The van der Waals surface area contributed by atoms with Gasteiger partial charge in [-0.3, -0.25) is 0 Å². The Kier molecular flexibility index (Phi) is 5.99. The minimum absolute atomic E-state index is 0.296. The second kappa shape index (κ2) is 6.50. The molecular formula is C11H18O2. The Morgan fingerprint density at radius 2 is 2.00 bits per heavy atom. The number of esters is 1. The van der Waals surface area contributed by atoms with E-state index in [9.17, 15) is 4.79 Å². The maximum absolute atomic E-state index is 11.0. The zero-order valence-electron chi connectivity index (χ0n) is 8.94. The molecule has 0 fully saturated rings. The Hall–Kier alpha value is -1.01. The van der Waals surface area contributed by atoms with Crippen molar-refractivity contribution in [2.45, 2.75) is 40.0 Å². The van der Waals surface area contributed by atoms with Crippen molar-refractivity contribution < 1.29 is 9.53 Å². The first-order chi connectivity index (χ1) is 6.11. The summed E-state index contributed by atoms with van der Waals surface area (Å²) >= 11 is 0. The first-order valence-electron chi connectivity index (χ1n) is 4.63. The van der Waals surface area contributed by atoms with Crippen LogP contribution in [0.1, 0.15) is 40.0 Å². The van der Waals surface area contributed by atoms with Crippen LogP contribution >= 0.6 is 0 Å². The zero-order chi connectivity index (χ0) is 10.3. The molecule has 0 amide bonds. The Bertz CT molecular complexity index is 232. The quantitative estimate of drug-likeness (QED) is 0.379. The number of carbonyl (C=O) groups excluding carboxylic acids is 1. The van der Waals surface area contributed by atoms with Crippen molar-refractivity contribution in [3.05, 3.63) is 16.9 Å². The van der Waals surface area contributed by atoms with Gasteiger partial charge in [-0.25, -0.2) is 4.79 Å². The molecule has 0 radical (unpaired) electrons. The van der Waals surface area contributed by atoms with Gasteiger partial charge in [0.15, 0.2) is 0 Å². The average molecular weight is 182 g/mol. The summed E-state index contributed by atoms with van der Waals surface area (Å²) in [4.78, 5) is 11.0. The van der Waals surface area contributed by atoms with E-state index in [1.54, 1.807) is 6.92 Å². The van der Waals surface area contributed by atoms with Gasteiger partial charge in [-0.05, 0) is 32.3 Å². The lowest BCUT2D eigenvalue weighted by atomic mass is 10.1. The number of methoxy groups -OCH3 is 1. The van der Waals surface area contributed by atoms with Gasteiger partial charge in [-0.15, -0.1) is 5.73 Å². The van der Waals surface area contributed by atoms with Gasteiger partial charge in [0.25, 0.3) is 0 Å². The molecule has 0 aromatic heterocycles. The Morgan fingerprint density at radius 3 is 2.46 bits per heavy atom. The summed E-state index contributed by atoms with van der Waals surface area (Å²) in [5.41, 5.74) is 4.69. The van der Waals surface area contributed by atoms with E-state index in [4.69, 9.17) is 0 Å². The van der Waals surface area contributed by atoms with E-state index in [1.165, 1.54) is 7.11 Å². The predicted molar refractivity (Wildman–Crippen MR) is 53.4 cm³/mol.